The molecular formula is C14H17F3N2OS. The third-order valence-corrected chi connectivity index (χ3v) is 4.22. The number of hydrogen-bond acceptors (Lipinski definition) is 3. The Bertz CT molecular complexity index is 496. The second-order valence-corrected chi connectivity index (χ2v) is 6.51. The van der Waals surface area contributed by atoms with E-state index in [4.69, 9.17) is 5.73 Å². The highest BCUT2D eigenvalue weighted by molar-refractivity contribution is 8.00. The van der Waals surface area contributed by atoms with Crippen LogP contribution in [-0.4, -0.2) is 17.0 Å². The number of rotatable bonds is 4. The number of amides is 1. The first-order chi connectivity index (χ1) is 9.76. The first kappa shape index (κ1) is 16.2. The average molecular weight is 318 g/mol. The Morgan fingerprint density at radius 3 is 2.33 bits per heavy atom. The van der Waals surface area contributed by atoms with Gasteiger partial charge in [0, 0.05) is 22.5 Å². The summed E-state index contributed by atoms with van der Waals surface area (Å²) in [4.78, 5) is 12.0. The lowest BCUT2D eigenvalue weighted by Gasteiger charge is -2.22. The van der Waals surface area contributed by atoms with Gasteiger partial charge in [0.05, 0.1) is 0 Å². The van der Waals surface area contributed by atoms with Gasteiger partial charge in [0.1, 0.15) is 0 Å². The summed E-state index contributed by atoms with van der Waals surface area (Å²) in [6.45, 7) is 0. The molecule has 1 aromatic rings. The molecule has 1 aliphatic carbocycles. The van der Waals surface area contributed by atoms with Crippen molar-refractivity contribution < 1.29 is 18.0 Å². The van der Waals surface area contributed by atoms with Crippen molar-refractivity contribution in [3.05, 3.63) is 24.3 Å². The summed E-state index contributed by atoms with van der Waals surface area (Å²) in [6, 6.07) is 5.59. The molecule has 1 amide bonds. The number of halogens is 3. The van der Waals surface area contributed by atoms with Crippen molar-refractivity contribution in [1.29, 1.82) is 0 Å². The summed E-state index contributed by atoms with van der Waals surface area (Å²) in [5, 5.41) is 2.67. The third kappa shape index (κ3) is 5.24. The number of nitrogens with one attached hydrogen (secondary N) is 1. The summed E-state index contributed by atoms with van der Waals surface area (Å²) < 4.78 is 36.6. The lowest BCUT2D eigenvalue weighted by molar-refractivity contribution is -0.117. The zero-order valence-electron chi connectivity index (χ0n) is 11.4. The van der Waals surface area contributed by atoms with Crippen LogP contribution in [0.15, 0.2) is 29.2 Å². The van der Waals surface area contributed by atoms with Gasteiger partial charge in [-0.05, 0) is 48.9 Å². The molecule has 116 valence electrons. The summed E-state index contributed by atoms with van der Waals surface area (Å²) in [5.41, 5.74) is 1.86. The van der Waals surface area contributed by atoms with Crippen LogP contribution in [0, 0.1) is 0 Å². The van der Waals surface area contributed by atoms with Gasteiger partial charge in [0.15, 0.2) is 0 Å². The van der Waals surface area contributed by atoms with Crippen LogP contribution < -0.4 is 11.1 Å². The fraction of sp³-hybridized carbons (Fsp3) is 0.500. The van der Waals surface area contributed by atoms with Gasteiger partial charge < -0.3 is 11.1 Å². The summed E-state index contributed by atoms with van der Waals surface area (Å²) in [7, 11) is 0. The van der Waals surface area contributed by atoms with Crippen LogP contribution in [0.4, 0.5) is 18.9 Å². The molecule has 21 heavy (non-hydrogen) atoms. The zero-order valence-corrected chi connectivity index (χ0v) is 12.2. The molecule has 1 aliphatic rings. The predicted octanol–water partition coefficient (Wildman–Crippen LogP) is 3.90. The second-order valence-electron chi connectivity index (χ2n) is 5.37. The minimum atomic E-state index is -4.31. The van der Waals surface area contributed by atoms with Crippen molar-refractivity contribution in [2.45, 2.75) is 48.0 Å². The van der Waals surface area contributed by atoms with Crippen LogP contribution in [0.5, 0.6) is 0 Å². The molecule has 7 heteroatoms. The Balaban J connectivity index is 1.89. The van der Waals surface area contributed by atoms with Gasteiger partial charge in [-0.3, -0.25) is 4.79 Å². The van der Waals surface area contributed by atoms with Gasteiger partial charge in [0.25, 0.3) is 0 Å². The lowest BCUT2D eigenvalue weighted by Crippen LogP contribution is -2.40. The molecule has 3 N–H and O–H groups in total. The molecule has 0 bridgehead atoms. The number of alkyl halides is 3. The SMILES string of the molecule is NC1(CC(=O)Nc2ccc(SC(F)(F)F)cc2)CCCC1. The van der Waals surface area contributed by atoms with Gasteiger partial charge in [-0.2, -0.15) is 13.2 Å². The quantitative estimate of drug-likeness (QED) is 0.828. The van der Waals surface area contributed by atoms with E-state index >= 15 is 0 Å². The first-order valence-electron chi connectivity index (χ1n) is 6.70. The molecule has 0 heterocycles. The van der Waals surface area contributed by atoms with E-state index in [-0.39, 0.29) is 29.0 Å². The number of carbonyl (C=O) groups is 1. The highest BCUT2D eigenvalue weighted by Crippen LogP contribution is 2.37. The molecule has 0 aromatic heterocycles. The lowest BCUT2D eigenvalue weighted by atomic mass is 9.94. The molecule has 0 atom stereocenters. The van der Waals surface area contributed by atoms with Gasteiger partial charge in [-0.25, -0.2) is 0 Å². The molecule has 3 nitrogen and oxygen atoms in total. The number of thioether (sulfide) groups is 1. The van der Waals surface area contributed by atoms with Crippen molar-refractivity contribution in [3.63, 3.8) is 0 Å². The highest BCUT2D eigenvalue weighted by atomic mass is 32.2. The van der Waals surface area contributed by atoms with Gasteiger partial charge in [-0.1, -0.05) is 12.8 Å². The highest BCUT2D eigenvalue weighted by Gasteiger charge is 2.32. The molecule has 0 saturated heterocycles. The van der Waals surface area contributed by atoms with Crippen LogP contribution in [0.25, 0.3) is 0 Å². The topological polar surface area (TPSA) is 55.1 Å². The van der Waals surface area contributed by atoms with E-state index in [9.17, 15) is 18.0 Å². The fourth-order valence-electron chi connectivity index (χ4n) is 2.52. The molecule has 1 saturated carbocycles. The molecular weight excluding hydrogens is 301 g/mol. The minimum Gasteiger partial charge on any atom is -0.326 e. The van der Waals surface area contributed by atoms with Crippen molar-refractivity contribution in [2.24, 2.45) is 5.73 Å². The number of carbonyl (C=O) groups excluding carboxylic acids is 1. The molecule has 0 radical (unpaired) electrons. The van der Waals surface area contributed by atoms with E-state index < -0.39 is 11.0 Å². The van der Waals surface area contributed by atoms with E-state index in [2.05, 4.69) is 5.32 Å². The number of anilines is 1. The smallest absolute Gasteiger partial charge is 0.326 e. The standard InChI is InChI=1S/C14H17F3N2OS/c15-14(16,17)21-11-5-3-10(4-6-11)19-12(20)9-13(18)7-1-2-8-13/h3-6H,1-2,7-9,18H2,(H,19,20). The minimum absolute atomic E-state index is 0.0894. The Kier molecular flexibility index (Phi) is 4.83. The van der Waals surface area contributed by atoms with E-state index in [1.54, 1.807) is 0 Å². The van der Waals surface area contributed by atoms with E-state index in [1.807, 2.05) is 0 Å². The fourth-order valence-corrected chi connectivity index (χ4v) is 3.06. The van der Waals surface area contributed by atoms with Crippen LogP contribution in [-0.2, 0) is 4.79 Å². The van der Waals surface area contributed by atoms with Crippen molar-refractivity contribution in [1.82, 2.24) is 0 Å². The van der Waals surface area contributed by atoms with E-state index in [1.165, 1.54) is 24.3 Å². The Hall–Kier alpha value is -1.21. The molecule has 0 unspecified atom stereocenters. The van der Waals surface area contributed by atoms with Crippen LogP contribution in [0.3, 0.4) is 0 Å². The maximum atomic E-state index is 12.2. The molecule has 2 rings (SSSR count). The molecule has 1 aromatic carbocycles. The van der Waals surface area contributed by atoms with Gasteiger partial charge in [-0.15, -0.1) is 0 Å². The number of hydrogen-bond donors (Lipinski definition) is 2. The second kappa shape index (κ2) is 6.27. The van der Waals surface area contributed by atoms with Crippen molar-refractivity contribution in [2.75, 3.05) is 5.32 Å². The Morgan fingerprint density at radius 1 is 1.24 bits per heavy atom. The van der Waals surface area contributed by atoms with Crippen LogP contribution in [0.2, 0.25) is 0 Å². The number of benzene rings is 1. The van der Waals surface area contributed by atoms with E-state index in [0.29, 0.717) is 5.69 Å². The van der Waals surface area contributed by atoms with E-state index in [0.717, 1.165) is 25.7 Å². The predicted molar refractivity (Wildman–Crippen MR) is 77.0 cm³/mol. The molecule has 0 spiro atoms. The summed E-state index contributed by atoms with van der Waals surface area (Å²) >= 11 is -0.179. The summed E-state index contributed by atoms with van der Waals surface area (Å²) in [5.74, 6) is -0.198. The first-order valence-corrected chi connectivity index (χ1v) is 7.52. The van der Waals surface area contributed by atoms with Crippen LogP contribution in [0.1, 0.15) is 32.1 Å². The normalized spacial score (nSPS) is 17.7. The zero-order chi connectivity index (χ0) is 15.5. The van der Waals surface area contributed by atoms with Crippen molar-refractivity contribution >= 4 is 23.4 Å². The third-order valence-electron chi connectivity index (χ3n) is 3.48. The maximum Gasteiger partial charge on any atom is 0.446 e. The Labute approximate surface area is 125 Å². The van der Waals surface area contributed by atoms with Crippen molar-refractivity contribution in [3.8, 4) is 0 Å². The average Bonchev–Trinajstić information content (AvgIpc) is 2.76. The molecule has 0 aliphatic heterocycles. The summed E-state index contributed by atoms with van der Waals surface area (Å²) in [6.07, 6.45) is 3.98. The number of nitrogens with two attached hydrogens (primary N) is 1. The largest absolute Gasteiger partial charge is 0.446 e. The van der Waals surface area contributed by atoms with Gasteiger partial charge in [0.2, 0.25) is 5.91 Å². The maximum absolute atomic E-state index is 12.2. The molecule has 1 fully saturated rings. The van der Waals surface area contributed by atoms with Crippen LogP contribution >= 0.6 is 11.8 Å². The van der Waals surface area contributed by atoms with Gasteiger partial charge >= 0.3 is 5.51 Å². The Morgan fingerprint density at radius 2 is 1.81 bits per heavy atom. The monoisotopic (exact) mass is 318 g/mol.